The van der Waals surface area contributed by atoms with Crippen LogP contribution in [0.2, 0.25) is 0 Å². The van der Waals surface area contributed by atoms with Crippen LogP contribution in [0.1, 0.15) is 31.9 Å². The highest BCUT2D eigenvalue weighted by molar-refractivity contribution is 5.38. The average molecular weight is 261 g/mol. The van der Waals surface area contributed by atoms with E-state index in [9.17, 15) is 14.0 Å². The maximum Gasteiger partial charge on any atom is 0.348 e. The summed E-state index contributed by atoms with van der Waals surface area (Å²) in [6.45, 7) is 4.99. The predicted octanol–water partition coefficient (Wildman–Crippen LogP) is -0.961. The summed E-state index contributed by atoms with van der Waals surface area (Å²) < 4.78 is 42.3. The summed E-state index contributed by atoms with van der Waals surface area (Å²) in [6, 6.07) is 7.06. The molecule has 0 saturated carbocycles. The third-order valence-electron chi connectivity index (χ3n) is 2.76. The maximum absolute atomic E-state index is 10.7. The molecule has 1 heterocycles. The van der Waals surface area contributed by atoms with Gasteiger partial charge in [0, 0.05) is 12.5 Å². The van der Waals surface area contributed by atoms with Gasteiger partial charge in [-0.1, -0.05) is 24.3 Å². The number of halogens is 1. The van der Waals surface area contributed by atoms with Crippen LogP contribution < -0.4 is 14.0 Å². The van der Waals surface area contributed by atoms with E-state index < -0.39 is 21.6 Å². The van der Waals surface area contributed by atoms with Crippen LogP contribution in [0.4, 0.5) is 0 Å². The fourth-order valence-electron chi connectivity index (χ4n) is 2.24. The Bertz CT molecular complexity index is 436. The Morgan fingerprint density at radius 3 is 2.12 bits per heavy atom. The molecule has 0 bridgehead atoms. The van der Waals surface area contributed by atoms with Crippen molar-refractivity contribution in [2.45, 2.75) is 32.2 Å². The average Bonchev–Trinajstić information content (AvgIpc) is 2.32. The predicted molar refractivity (Wildman–Crippen MR) is 49.0 cm³/mol. The maximum atomic E-state index is 10.7. The van der Waals surface area contributed by atoms with Crippen LogP contribution in [0.25, 0.3) is 0 Å². The molecule has 0 spiro atoms. The van der Waals surface area contributed by atoms with Crippen molar-refractivity contribution in [2.24, 2.45) is 0 Å². The van der Waals surface area contributed by atoms with Crippen molar-refractivity contribution < 1.29 is 33.2 Å². The Balaban J connectivity index is 2.47. The minimum atomic E-state index is -4.55. The molecule has 0 amide bonds. The highest BCUT2D eigenvalue weighted by Gasteiger charge is 2.56. The molecular weight excluding hydrogens is 248 g/mol. The number of fused-ring (bicyclic) bond motifs is 1. The van der Waals surface area contributed by atoms with Crippen molar-refractivity contribution in [3.05, 3.63) is 35.4 Å². The van der Waals surface area contributed by atoms with E-state index in [0.29, 0.717) is 5.56 Å². The zero-order valence-electron chi connectivity index (χ0n) is 9.73. The molecule has 5 nitrogen and oxygen atoms in total. The SMILES string of the molecule is CC1(C)OC(C)(O[Cl+3]([O-])([O-])[O-])c2ccccc21. The topological polar surface area (TPSA) is 87.6 Å². The van der Waals surface area contributed by atoms with Crippen LogP contribution in [0.5, 0.6) is 0 Å². The quantitative estimate of drug-likeness (QED) is 0.683. The first-order chi connectivity index (χ1) is 7.64. The minimum Gasteiger partial charge on any atom is -0.323 e. The van der Waals surface area contributed by atoms with Gasteiger partial charge in [-0.25, -0.2) is 0 Å². The van der Waals surface area contributed by atoms with E-state index in [1.54, 1.807) is 26.0 Å². The van der Waals surface area contributed by atoms with Crippen molar-refractivity contribution >= 4 is 0 Å². The first-order valence-electron chi connectivity index (χ1n) is 5.06. The molecule has 17 heavy (non-hydrogen) atoms. The van der Waals surface area contributed by atoms with Gasteiger partial charge < -0.3 is 4.74 Å². The highest BCUT2D eigenvalue weighted by Crippen LogP contribution is 2.47. The third kappa shape index (κ3) is 2.30. The molecule has 2 rings (SSSR count). The van der Waals surface area contributed by atoms with Crippen LogP contribution in [-0.2, 0) is 20.4 Å². The molecule has 94 valence electrons. The lowest BCUT2D eigenvalue weighted by Crippen LogP contribution is -2.63. The summed E-state index contributed by atoms with van der Waals surface area (Å²) in [5, 5.41) is 0. The Kier molecular flexibility index (Phi) is 2.74. The number of hydrogen-bond acceptors (Lipinski definition) is 5. The standard InChI is InChI=1S/C11H13ClO5/c1-10(2)8-6-4-5-7-9(8)11(3,16-10)17-12(13,14)15/h4-7H,1-3H3. The van der Waals surface area contributed by atoms with E-state index in [0.717, 1.165) is 5.56 Å². The van der Waals surface area contributed by atoms with Crippen LogP contribution in [-0.4, -0.2) is 0 Å². The monoisotopic (exact) mass is 260 g/mol. The van der Waals surface area contributed by atoms with Crippen molar-refractivity contribution in [1.29, 1.82) is 0 Å². The molecule has 0 aliphatic carbocycles. The summed E-state index contributed by atoms with van der Waals surface area (Å²) in [5.41, 5.74) is 0.657. The lowest BCUT2D eigenvalue weighted by molar-refractivity contribution is -1.92. The summed E-state index contributed by atoms with van der Waals surface area (Å²) in [5.74, 6) is -1.57. The van der Waals surface area contributed by atoms with Gasteiger partial charge in [-0.05, 0) is 19.4 Å². The van der Waals surface area contributed by atoms with Crippen molar-refractivity contribution in [3.8, 4) is 0 Å². The Hall–Kier alpha value is -0.690. The fraction of sp³-hybridized carbons (Fsp3) is 0.455. The van der Waals surface area contributed by atoms with Crippen molar-refractivity contribution in [3.63, 3.8) is 0 Å². The second-order valence-corrected chi connectivity index (χ2v) is 5.47. The Labute approximate surface area is 101 Å². The summed E-state index contributed by atoms with van der Waals surface area (Å²) in [7, 11) is -4.55. The molecular formula is C11H13ClO5. The minimum absolute atomic E-state index is 0.553. The van der Waals surface area contributed by atoms with Gasteiger partial charge in [-0.15, -0.1) is 0 Å². The lowest BCUT2D eigenvalue weighted by Gasteiger charge is -2.25. The first-order valence-corrected chi connectivity index (χ1v) is 6.29. The molecule has 1 aliphatic heterocycles. The highest BCUT2D eigenvalue weighted by atomic mass is 35.7. The molecule has 1 unspecified atom stereocenters. The van der Waals surface area contributed by atoms with Crippen LogP contribution in [0.3, 0.4) is 0 Å². The smallest absolute Gasteiger partial charge is 0.323 e. The van der Waals surface area contributed by atoms with E-state index in [1.165, 1.54) is 6.92 Å². The lowest BCUT2D eigenvalue weighted by atomic mass is 9.94. The first kappa shape index (κ1) is 12.8. The van der Waals surface area contributed by atoms with Crippen molar-refractivity contribution in [2.75, 3.05) is 0 Å². The van der Waals surface area contributed by atoms with Gasteiger partial charge >= 0.3 is 5.79 Å². The number of benzene rings is 1. The molecule has 0 N–H and O–H groups in total. The van der Waals surface area contributed by atoms with Crippen LogP contribution >= 0.6 is 0 Å². The molecule has 0 saturated heterocycles. The summed E-state index contributed by atoms with van der Waals surface area (Å²) >= 11 is 0. The van der Waals surface area contributed by atoms with E-state index in [-0.39, 0.29) is 0 Å². The number of rotatable bonds is 2. The zero-order chi connectivity index (χ0) is 12.9. The summed E-state index contributed by atoms with van der Waals surface area (Å²) in [6.07, 6.45) is 0. The van der Waals surface area contributed by atoms with Gasteiger partial charge in [0.25, 0.3) is 0 Å². The Morgan fingerprint density at radius 2 is 1.59 bits per heavy atom. The third-order valence-corrected chi connectivity index (χ3v) is 3.24. The molecule has 0 fully saturated rings. The number of ether oxygens (including phenoxy) is 1. The normalized spacial score (nSPS) is 26.9. The van der Waals surface area contributed by atoms with Gasteiger partial charge in [0.05, 0.1) is 15.8 Å². The molecule has 1 aromatic rings. The molecule has 1 aromatic carbocycles. The summed E-state index contributed by atoms with van der Waals surface area (Å²) in [4.78, 5) is 0. The zero-order valence-corrected chi connectivity index (χ0v) is 10.5. The Morgan fingerprint density at radius 1 is 1.06 bits per heavy atom. The molecule has 0 radical (unpaired) electrons. The van der Waals surface area contributed by atoms with Gasteiger partial charge in [0.1, 0.15) is 4.29 Å². The van der Waals surface area contributed by atoms with E-state index in [2.05, 4.69) is 4.29 Å². The van der Waals surface area contributed by atoms with Gasteiger partial charge in [0.15, 0.2) is 0 Å². The second-order valence-electron chi connectivity index (χ2n) is 4.56. The van der Waals surface area contributed by atoms with Gasteiger partial charge in [0.2, 0.25) is 0 Å². The number of hydrogen-bond donors (Lipinski definition) is 0. The molecule has 1 atom stereocenters. The molecule has 0 aromatic heterocycles. The van der Waals surface area contributed by atoms with Crippen molar-refractivity contribution in [1.82, 2.24) is 0 Å². The van der Waals surface area contributed by atoms with Crippen LogP contribution in [0, 0.1) is 10.2 Å². The second kappa shape index (κ2) is 3.65. The van der Waals surface area contributed by atoms with E-state index >= 15 is 0 Å². The largest absolute Gasteiger partial charge is 0.348 e. The van der Waals surface area contributed by atoms with E-state index in [4.69, 9.17) is 4.74 Å². The van der Waals surface area contributed by atoms with Crippen LogP contribution in [0.15, 0.2) is 24.3 Å². The van der Waals surface area contributed by atoms with Gasteiger partial charge in [-0.3, -0.25) is 0 Å². The van der Waals surface area contributed by atoms with Gasteiger partial charge in [-0.2, -0.15) is 14.0 Å². The molecule has 1 aliphatic rings. The fourth-order valence-corrected chi connectivity index (χ4v) is 2.71. The van der Waals surface area contributed by atoms with E-state index in [1.807, 2.05) is 12.1 Å². The molecule has 6 heteroatoms.